The number of aromatic nitrogens is 4. The van der Waals surface area contributed by atoms with Crippen LogP contribution in [0.3, 0.4) is 0 Å². The average molecular weight is 504 g/mol. The highest BCUT2D eigenvalue weighted by Crippen LogP contribution is 2.39. The van der Waals surface area contributed by atoms with Crippen LogP contribution in [-0.2, 0) is 16.1 Å². The first kappa shape index (κ1) is 23.8. The number of halogens is 2. The number of benzene rings is 2. The van der Waals surface area contributed by atoms with Crippen LogP contribution in [0.4, 0.5) is 5.95 Å². The van der Waals surface area contributed by atoms with Crippen LogP contribution in [0.5, 0.6) is 11.5 Å². The minimum atomic E-state index is -0.614. The SMILES string of the molecule is CCCOC(=O)C1=C(C)Nc2nnnn2C1c1ccc(OCc2c(Cl)cccc2Cl)c(OC)c1. The standard InChI is InChI=1S/C23H23Cl2N5O4/c1-4-10-33-22(31)20-13(2)26-23-27-28-29-30(23)21(20)14-8-9-18(19(11-14)32-3)34-12-15-16(24)6-5-7-17(15)25/h5-9,11,21H,4,10,12H2,1-3H3,(H,26,27,29). The van der Waals surface area contributed by atoms with Crippen LogP contribution in [0.2, 0.25) is 10.0 Å². The van der Waals surface area contributed by atoms with E-state index < -0.39 is 12.0 Å². The second-order valence-corrected chi connectivity index (χ2v) is 8.36. The molecule has 0 fully saturated rings. The van der Waals surface area contributed by atoms with Crippen molar-refractivity contribution in [2.24, 2.45) is 0 Å². The molecule has 2 aromatic carbocycles. The fourth-order valence-corrected chi connectivity index (χ4v) is 4.16. The molecule has 1 N–H and O–H groups in total. The molecule has 0 saturated heterocycles. The van der Waals surface area contributed by atoms with Gasteiger partial charge in [0.2, 0.25) is 5.95 Å². The molecule has 1 aliphatic heterocycles. The number of tetrazole rings is 1. The molecule has 1 atom stereocenters. The Bertz CT molecular complexity index is 1220. The number of anilines is 1. The van der Waals surface area contributed by atoms with E-state index >= 15 is 0 Å². The van der Waals surface area contributed by atoms with Crippen molar-refractivity contribution in [1.82, 2.24) is 20.2 Å². The van der Waals surface area contributed by atoms with E-state index in [2.05, 4.69) is 20.8 Å². The van der Waals surface area contributed by atoms with Gasteiger partial charge in [-0.3, -0.25) is 0 Å². The van der Waals surface area contributed by atoms with Gasteiger partial charge in [-0.25, -0.2) is 4.79 Å². The molecule has 9 nitrogen and oxygen atoms in total. The highest BCUT2D eigenvalue weighted by atomic mass is 35.5. The molecule has 0 radical (unpaired) electrons. The van der Waals surface area contributed by atoms with Crippen molar-refractivity contribution in [3.63, 3.8) is 0 Å². The molecule has 11 heteroatoms. The Balaban J connectivity index is 1.68. The number of hydrogen-bond acceptors (Lipinski definition) is 8. The van der Waals surface area contributed by atoms with Crippen molar-refractivity contribution >= 4 is 35.1 Å². The number of allylic oxidation sites excluding steroid dienone is 1. The Kier molecular flexibility index (Phi) is 7.23. The molecule has 4 rings (SSSR count). The molecule has 0 bridgehead atoms. The number of nitrogens with one attached hydrogen (secondary N) is 1. The zero-order chi connectivity index (χ0) is 24.2. The normalized spacial score (nSPS) is 14.9. The third kappa shape index (κ3) is 4.67. The Morgan fingerprint density at radius 2 is 1.94 bits per heavy atom. The van der Waals surface area contributed by atoms with E-state index in [9.17, 15) is 4.79 Å². The van der Waals surface area contributed by atoms with Crippen LogP contribution in [0, 0.1) is 0 Å². The van der Waals surface area contributed by atoms with E-state index in [0.717, 1.165) is 5.56 Å². The van der Waals surface area contributed by atoms with Gasteiger partial charge in [-0.2, -0.15) is 4.68 Å². The maximum Gasteiger partial charge on any atom is 0.338 e. The van der Waals surface area contributed by atoms with Crippen molar-refractivity contribution in [3.05, 3.63) is 68.8 Å². The highest BCUT2D eigenvalue weighted by Gasteiger charge is 2.35. The first-order chi connectivity index (χ1) is 16.4. The van der Waals surface area contributed by atoms with Crippen molar-refractivity contribution in [2.45, 2.75) is 32.9 Å². The summed E-state index contributed by atoms with van der Waals surface area (Å²) in [7, 11) is 1.54. The highest BCUT2D eigenvalue weighted by molar-refractivity contribution is 6.35. The fourth-order valence-electron chi connectivity index (χ4n) is 3.65. The minimum absolute atomic E-state index is 0.159. The Morgan fingerprint density at radius 1 is 1.18 bits per heavy atom. The van der Waals surface area contributed by atoms with Crippen LogP contribution < -0.4 is 14.8 Å². The van der Waals surface area contributed by atoms with Crippen LogP contribution in [-0.4, -0.2) is 39.9 Å². The van der Waals surface area contributed by atoms with Crippen LogP contribution in [0.25, 0.3) is 0 Å². The van der Waals surface area contributed by atoms with Gasteiger partial charge in [0.1, 0.15) is 12.6 Å². The average Bonchev–Trinajstić information content (AvgIpc) is 3.29. The quantitative estimate of drug-likeness (QED) is 0.437. The van der Waals surface area contributed by atoms with Crippen molar-refractivity contribution < 1.29 is 19.0 Å². The topological polar surface area (TPSA) is 100 Å². The van der Waals surface area contributed by atoms with Crippen molar-refractivity contribution in [3.8, 4) is 11.5 Å². The number of esters is 1. The molecule has 0 aliphatic carbocycles. The summed E-state index contributed by atoms with van der Waals surface area (Å²) in [5.41, 5.74) is 2.42. The van der Waals surface area contributed by atoms with Gasteiger partial charge in [-0.1, -0.05) is 47.4 Å². The summed E-state index contributed by atoms with van der Waals surface area (Å²) in [6, 6.07) is 10.0. The van der Waals surface area contributed by atoms with Crippen LogP contribution in [0.1, 0.15) is 37.4 Å². The molecule has 2 heterocycles. The van der Waals surface area contributed by atoms with E-state index in [1.807, 2.05) is 13.0 Å². The predicted octanol–water partition coefficient (Wildman–Crippen LogP) is 4.81. The molecule has 3 aromatic rings. The zero-order valence-electron chi connectivity index (χ0n) is 18.8. The van der Waals surface area contributed by atoms with E-state index in [0.29, 0.717) is 57.4 Å². The summed E-state index contributed by atoms with van der Waals surface area (Å²) in [6.07, 6.45) is 0.710. The van der Waals surface area contributed by atoms with Gasteiger partial charge in [-0.05, 0) is 53.6 Å². The first-order valence-corrected chi connectivity index (χ1v) is 11.4. The van der Waals surface area contributed by atoms with Gasteiger partial charge in [0.15, 0.2) is 11.5 Å². The molecule has 0 spiro atoms. The van der Waals surface area contributed by atoms with Crippen LogP contribution in [0.15, 0.2) is 47.7 Å². The van der Waals surface area contributed by atoms with E-state index in [1.54, 1.807) is 37.3 Å². The minimum Gasteiger partial charge on any atom is -0.493 e. The fraction of sp³-hybridized carbons (Fsp3) is 0.304. The number of ether oxygens (including phenoxy) is 3. The zero-order valence-corrected chi connectivity index (χ0v) is 20.4. The predicted molar refractivity (Wildman–Crippen MR) is 127 cm³/mol. The number of fused-ring (bicyclic) bond motifs is 1. The maximum atomic E-state index is 12.9. The molecule has 34 heavy (non-hydrogen) atoms. The van der Waals surface area contributed by atoms with Crippen LogP contribution >= 0.6 is 23.2 Å². The molecule has 178 valence electrons. The Labute approximate surface area is 206 Å². The van der Waals surface area contributed by atoms with Gasteiger partial charge in [0, 0.05) is 21.3 Å². The smallest absolute Gasteiger partial charge is 0.338 e. The number of rotatable bonds is 8. The summed E-state index contributed by atoms with van der Waals surface area (Å²) < 4.78 is 18.5. The summed E-state index contributed by atoms with van der Waals surface area (Å²) in [5.74, 6) is 0.935. The monoisotopic (exact) mass is 503 g/mol. The second-order valence-electron chi connectivity index (χ2n) is 7.55. The molecular formula is C23H23Cl2N5O4. The summed E-state index contributed by atoms with van der Waals surface area (Å²) in [4.78, 5) is 12.9. The van der Waals surface area contributed by atoms with Crippen molar-refractivity contribution in [1.29, 1.82) is 0 Å². The van der Waals surface area contributed by atoms with E-state index in [4.69, 9.17) is 37.4 Å². The molecular weight excluding hydrogens is 481 g/mol. The third-order valence-corrected chi connectivity index (χ3v) is 6.02. The molecule has 1 unspecified atom stereocenters. The van der Waals surface area contributed by atoms with Gasteiger partial charge in [0.25, 0.3) is 0 Å². The van der Waals surface area contributed by atoms with Crippen molar-refractivity contribution in [2.75, 3.05) is 19.0 Å². The molecule has 1 aromatic heterocycles. The van der Waals surface area contributed by atoms with E-state index in [1.165, 1.54) is 11.8 Å². The Morgan fingerprint density at radius 3 is 2.65 bits per heavy atom. The number of nitrogens with zero attached hydrogens (tertiary/aromatic N) is 4. The lowest BCUT2D eigenvalue weighted by atomic mass is 9.95. The second kappa shape index (κ2) is 10.3. The number of hydrogen-bond donors (Lipinski definition) is 1. The first-order valence-electron chi connectivity index (χ1n) is 10.6. The lowest BCUT2D eigenvalue weighted by Gasteiger charge is -2.27. The van der Waals surface area contributed by atoms with E-state index in [-0.39, 0.29) is 6.61 Å². The van der Waals surface area contributed by atoms with Gasteiger partial charge >= 0.3 is 5.97 Å². The summed E-state index contributed by atoms with van der Waals surface area (Å²) in [6.45, 7) is 4.19. The largest absolute Gasteiger partial charge is 0.493 e. The molecule has 0 amide bonds. The molecule has 1 aliphatic rings. The lowest BCUT2D eigenvalue weighted by molar-refractivity contribution is -0.139. The summed E-state index contributed by atoms with van der Waals surface area (Å²) >= 11 is 12.5. The summed E-state index contributed by atoms with van der Waals surface area (Å²) in [5, 5.41) is 15.9. The van der Waals surface area contributed by atoms with Gasteiger partial charge < -0.3 is 19.5 Å². The lowest BCUT2D eigenvalue weighted by Crippen LogP contribution is -2.29. The Hall–Kier alpha value is -3.30. The third-order valence-electron chi connectivity index (χ3n) is 5.31. The molecule has 0 saturated carbocycles. The number of carbonyl (C=O) groups is 1. The number of methoxy groups -OCH3 is 1. The maximum absolute atomic E-state index is 12.9. The van der Waals surface area contributed by atoms with Gasteiger partial charge in [0.05, 0.1) is 19.3 Å². The van der Waals surface area contributed by atoms with Gasteiger partial charge in [-0.15, -0.1) is 0 Å². The number of carbonyl (C=O) groups excluding carboxylic acids is 1.